The summed E-state index contributed by atoms with van der Waals surface area (Å²) in [5.74, 6) is 0. The Kier molecular flexibility index (Phi) is 6.22. The molecule has 7 nitrogen and oxygen atoms in total. The molecule has 0 spiro atoms. The summed E-state index contributed by atoms with van der Waals surface area (Å²) in [4.78, 5) is 4.90. The Morgan fingerprint density at radius 3 is 1.31 bits per heavy atom. The lowest BCUT2D eigenvalue weighted by Crippen LogP contribution is -2.24. The molecule has 2 aliphatic heterocycles. The van der Waals surface area contributed by atoms with Gasteiger partial charge in [0.1, 0.15) is 0 Å². The molecule has 51 heavy (non-hydrogen) atoms. The predicted molar refractivity (Wildman–Crippen MR) is 201 cm³/mol. The first-order valence-corrected chi connectivity index (χ1v) is 19.4. The van der Waals surface area contributed by atoms with Crippen LogP contribution < -0.4 is 9.80 Å². The zero-order chi connectivity index (χ0) is 34.5. The minimum atomic E-state index is -3.83. The molecule has 0 fully saturated rings. The van der Waals surface area contributed by atoms with Crippen LogP contribution in [-0.2, 0) is 19.7 Å². The van der Waals surface area contributed by atoms with Gasteiger partial charge in [0, 0.05) is 22.1 Å². The van der Waals surface area contributed by atoms with Gasteiger partial charge in [0.25, 0.3) is 0 Å². The number of benzene rings is 7. The number of fused-ring (bicyclic) bond motifs is 7. The summed E-state index contributed by atoms with van der Waals surface area (Å²) in [6, 6.07) is 50.8. The van der Waals surface area contributed by atoms with Gasteiger partial charge in [0.05, 0.1) is 59.1 Å². The van der Waals surface area contributed by atoms with E-state index in [2.05, 4.69) is 41.0 Å². The summed E-state index contributed by atoms with van der Waals surface area (Å²) < 4.78 is 58.4. The van der Waals surface area contributed by atoms with Crippen LogP contribution in [0.1, 0.15) is 0 Å². The highest BCUT2D eigenvalue weighted by Gasteiger charge is 2.38. The highest BCUT2D eigenvalue weighted by atomic mass is 32.2. The SMILES string of the molecule is O=S1(=O)c2ccccc2N(c2cc(N3c4ccccc4S(=O)(=O)c4ccccc43)c3c(c2)c2ccccc2n3-c2ccccc2)c2ccccc21. The van der Waals surface area contributed by atoms with Crippen LogP contribution in [0.3, 0.4) is 0 Å². The highest BCUT2D eigenvalue weighted by molar-refractivity contribution is 7.92. The molecule has 0 saturated carbocycles. The molecule has 3 heterocycles. The largest absolute Gasteiger partial charge is 0.308 e. The summed E-state index contributed by atoms with van der Waals surface area (Å²) in [7, 11) is -7.63. The van der Waals surface area contributed by atoms with Gasteiger partial charge in [-0.05, 0) is 78.9 Å². The summed E-state index contributed by atoms with van der Waals surface area (Å²) >= 11 is 0. The third kappa shape index (κ3) is 4.10. The number of sulfone groups is 2. The van der Waals surface area contributed by atoms with Crippen molar-refractivity contribution in [2.45, 2.75) is 19.6 Å². The number of hydrogen-bond donors (Lipinski definition) is 0. The van der Waals surface area contributed by atoms with Crippen molar-refractivity contribution in [2.24, 2.45) is 0 Å². The summed E-state index contributed by atoms with van der Waals surface area (Å²) in [6.07, 6.45) is 0. The Bertz CT molecular complexity index is 2870. The third-order valence-electron chi connectivity index (χ3n) is 9.83. The van der Waals surface area contributed by atoms with Crippen molar-refractivity contribution >= 4 is 75.6 Å². The van der Waals surface area contributed by atoms with E-state index in [9.17, 15) is 16.8 Å². The van der Waals surface area contributed by atoms with Gasteiger partial charge in [0.2, 0.25) is 19.7 Å². The Morgan fingerprint density at radius 2 is 0.784 bits per heavy atom. The second-order valence-electron chi connectivity index (χ2n) is 12.6. The molecule has 0 bridgehead atoms. The van der Waals surface area contributed by atoms with Crippen molar-refractivity contribution in [1.82, 2.24) is 4.57 Å². The van der Waals surface area contributed by atoms with Crippen molar-refractivity contribution in [3.63, 3.8) is 0 Å². The van der Waals surface area contributed by atoms with E-state index in [0.717, 1.165) is 38.9 Å². The first-order chi connectivity index (χ1) is 24.9. The van der Waals surface area contributed by atoms with Crippen LogP contribution in [0.25, 0.3) is 27.5 Å². The van der Waals surface area contributed by atoms with Crippen LogP contribution in [0, 0.1) is 0 Å². The maximum atomic E-state index is 14.1. The van der Waals surface area contributed by atoms with E-state index in [0.29, 0.717) is 22.7 Å². The van der Waals surface area contributed by atoms with Gasteiger partial charge in [0.15, 0.2) is 0 Å². The monoisotopic (exact) mass is 701 g/mol. The molecule has 0 unspecified atom stereocenters. The number of anilines is 6. The van der Waals surface area contributed by atoms with E-state index in [4.69, 9.17) is 0 Å². The first kappa shape index (κ1) is 29.7. The van der Waals surface area contributed by atoms with E-state index in [1.165, 1.54) is 0 Å². The normalized spacial score (nSPS) is 15.2. The summed E-state index contributed by atoms with van der Waals surface area (Å²) in [5, 5.41) is 1.92. The minimum absolute atomic E-state index is 0.212. The zero-order valence-corrected chi connectivity index (χ0v) is 28.5. The van der Waals surface area contributed by atoms with Gasteiger partial charge in [-0.3, -0.25) is 0 Å². The standard InChI is InChI=1S/C42H27N3O4S2/c46-50(47)38-22-10-6-18-33(38)43(34-19-7-11-23-39(34)50)29-26-31-30-16-4-5-17-32(30)44(28-14-2-1-3-15-28)42(31)37(27-29)45-35-20-8-12-24-40(35)51(48,49)41-25-13-9-21-36(41)45/h1-27H. The molecule has 0 saturated heterocycles. The summed E-state index contributed by atoms with van der Waals surface area (Å²) in [5.41, 5.74) is 6.40. The average molecular weight is 702 g/mol. The molecule has 10 rings (SSSR count). The van der Waals surface area contributed by atoms with Gasteiger partial charge in [-0.2, -0.15) is 0 Å². The maximum absolute atomic E-state index is 14.1. The molecule has 0 amide bonds. The minimum Gasteiger partial charge on any atom is -0.308 e. The second-order valence-corrected chi connectivity index (χ2v) is 16.4. The van der Waals surface area contributed by atoms with Crippen molar-refractivity contribution in [3.8, 4) is 5.69 Å². The lowest BCUT2D eigenvalue weighted by atomic mass is 10.1. The molecule has 9 heteroatoms. The van der Waals surface area contributed by atoms with Crippen LogP contribution in [0.15, 0.2) is 183 Å². The number of aromatic nitrogens is 1. The van der Waals surface area contributed by atoms with E-state index in [1.54, 1.807) is 48.5 Å². The van der Waals surface area contributed by atoms with E-state index in [-0.39, 0.29) is 19.6 Å². The molecule has 2 aliphatic rings. The molecule has 7 aromatic carbocycles. The van der Waals surface area contributed by atoms with Gasteiger partial charge >= 0.3 is 0 Å². The van der Waals surface area contributed by atoms with Gasteiger partial charge in [-0.25, -0.2) is 16.8 Å². The van der Waals surface area contributed by atoms with Crippen LogP contribution >= 0.6 is 0 Å². The lowest BCUT2D eigenvalue weighted by molar-refractivity contribution is 0.593. The molecule has 8 aromatic rings. The molecule has 0 N–H and O–H groups in total. The summed E-state index contributed by atoms with van der Waals surface area (Å²) in [6.45, 7) is 0. The Morgan fingerprint density at radius 1 is 0.353 bits per heavy atom. The Hall–Kier alpha value is -6.16. The van der Waals surface area contributed by atoms with E-state index in [1.807, 2.05) is 88.7 Å². The maximum Gasteiger partial charge on any atom is 0.210 e. The topological polar surface area (TPSA) is 79.7 Å². The smallest absolute Gasteiger partial charge is 0.210 e. The van der Waals surface area contributed by atoms with Crippen LogP contribution in [0.5, 0.6) is 0 Å². The Labute approximate surface area is 294 Å². The molecule has 1 aromatic heterocycles. The van der Waals surface area contributed by atoms with Crippen LogP contribution in [0.2, 0.25) is 0 Å². The van der Waals surface area contributed by atoms with Crippen molar-refractivity contribution in [1.29, 1.82) is 0 Å². The number of hydrogen-bond acceptors (Lipinski definition) is 6. The molecule has 0 atom stereocenters. The fourth-order valence-electron chi connectivity index (χ4n) is 7.72. The van der Waals surface area contributed by atoms with Crippen molar-refractivity contribution in [2.75, 3.05) is 9.80 Å². The first-order valence-electron chi connectivity index (χ1n) is 16.4. The highest BCUT2D eigenvalue weighted by Crippen LogP contribution is 2.54. The predicted octanol–water partition coefficient (Wildman–Crippen LogP) is 10.0. The van der Waals surface area contributed by atoms with Crippen molar-refractivity contribution in [3.05, 3.63) is 164 Å². The molecule has 0 radical (unpaired) electrons. The number of nitrogens with zero attached hydrogens (tertiary/aromatic N) is 3. The fourth-order valence-corrected chi connectivity index (χ4v) is 11.0. The second kappa shape index (κ2) is 10.7. The fraction of sp³-hybridized carbons (Fsp3) is 0. The lowest BCUT2D eigenvalue weighted by Gasteiger charge is -2.36. The number of para-hydroxylation sites is 6. The van der Waals surface area contributed by atoms with Crippen molar-refractivity contribution < 1.29 is 16.8 Å². The van der Waals surface area contributed by atoms with Crippen LogP contribution in [0.4, 0.5) is 34.1 Å². The quantitative estimate of drug-likeness (QED) is 0.183. The van der Waals surface area contributed by atoms with Gasteiger partial charge < -0.3 is 14.4 Å². The molecule has 0 aliphatic carbocycles. The van der Waals surface area contributed by atoms with Crippen LogP contribution in [-0.4, -0.2) is 21.4 Å². The Balaban J connectivity index is 1.39. The third-order valence-corrected chi connectivity index (χ3v) is 13.5. The van der Waals surface area contributed by atoms with E-state index >= 15 is 0 Å². The average Bonchev–Trinajstić information content (AvgIpc) is 3.50. The molecule has 246 valence electrons. The number of rotatable bonds is 3. The molecular formula is C42H27N3O4S2. The van der Waals surface area contributed by atoms with E-state index < -0.39 is 19.7 Å². The van der Waals surface area contributed by atoms with Gasteiger partial charge in [-0.1, -0.05) is 84.9 Å². The zero-order valence-electron chi connectivity index (χ0n) is 26.9. The molecular weight excluding hydrogens is 675 g/mol. The van der Waals surface area contributed by atoms with Gasteiger partial charge in [-0.15, -0.1) is 0 Å².